The zero-order valence-corrected chi connectivity index (χ0v) is 13.4. The summed E-state index contributed by atoms with van der Waals surface area (Å²) < 4.78 is 7.21. The van der Waals surface area contributed by atoms with Crippen LogP contribution in [0.25, 0.3) is 0 Å². The SMILES string of the molecule is COc1ccc(CN2C[C@H]3C[C@H](C2)c2cccc(=O)n2C3)cc1. The van der Waals surface area contributed by atoms with Crippen LogP contribution in [0.2, 0.25) is 0 Å². The molecule has 3 heterocycles. The number of piperidine rings is 1. The molecule has 4 nitrogen and oxygen atoms in total. The molecule has 0 saturated carbocycles. The third kappa shape index (κ3) is 2.79. The topological polar surface area (TPSA) is 34.5 Å². The summed E-state index contributed by atoms with van der Waals surface area (Å²) in [7, 11) is 1.69. The van der Waals surface area contributed by atoms with Crippen molar-refractivity contribution in [3.05, 3.63) is 64.1 Å². The summed E-state index contributed by atoms with van der Waals surface area (Å²) in [6.07, 6.45) is 1.21. The van der Waals surface area contributed by atoms with Gasteiger partial charge in [-0.05, 0) is 36.1 Å². The van der Waals surface area contributed by atoms with Crippen molar-refractivity contribution in [1.82, 2.24) is 9.47 Å². The Morgan fingerprint density at radius 2 is 1.91 bits per heavy atom. The van der Waals surface area contributed by atoms with Gasteiger partial charge in [-0.15, -0.1) is 0 Å². The van der Waals surface area contributed by atoms with Gasteiger partial charge < -0.3 is 9.30 Å². The Bertz CT molecular complexity index is 751. The van der Waals surface area contributed by atoms with Crippen LogP contribution in [-0.4, -0.2) is 29.7 Å². The van der Waals surface area contributed by atoms with Crippen LogP contribution in [0.15, 0.2) is 47.3 Å². The van der Waals surface area contributed by atoms with E-state index in [9.17, 15) is 4.79 Å². The first-order chi connectivity index (χ1) is 11.2. The molecule has 0 amide bonds. The molecule has 0 aliphatic carbocycles. The molecular weight excluding hydrogens is 288 g/mol. The highest BCUT2D eigenvalue weighted by molar-refractivity contribution is 5.27. The molecule has 4 heteroatoms. The monoisotopic (exact) mass is 310 g/mol. The van der Waals surface area contributed by atoms with Crippen LogP contribution in [0, 0.1) is 5.92 Å². The summed E-state index contributed by atoms with van der Waals surface area (Å²) >= 11 is 0. The average Bonchev–Trinajstić information content (AvgIpc) is 2.57. The zero-order valence-electron chi connectivity index (χ0n) is 13.4. The molecule has 4 rings (SSSR count). The van der Waals surface area contributed by atoms with E-state index in [0.29, 0.717) is 11.8 Å². The van der Waals surface area contributed by atoms with Crippen molar-refractivity contribution in [3.8, 4) is 5.75 Å². The van der Waals surface area contributed by atoms with Crippen molar-refractivity contribution >= 4 is 0 Å². The van der Waals surface area contributed by atoms with E-state index < -0.39 is 0 Å². The number of methoxy groups -OCH3 is 1. The molecule has 0 spiro atoms. The lowest BCUT2D eigenvalue weighted by Gasteiger charge is -2.42. The van der Waals surface area contributed by atoms with Gasteiger partial charge in [0.05, 0.1) is 7.11 Å². The molecule has 2 aliphatic heterocycles. The Hall–Kier alpha value is -2.07. The number of benzene rings is 1. The van der Waals surface area contributed by atoms with Crippen LogP contribution in [0.3, 0.4) is 0 Å². The number of aromatic nitrogens is 1. The Labute approximate surface area is 136 Å². The molecule has 2 aliphatic rings. The predicted octanol–water partition coefficient (Wildman–Crippen LogP) is 2.48. The van der Waals surface area contributed by atoms with E-state index in [1.807, 2.05) is 22.8 Å². The largest absolute Gasteiger partial charge is 0.497 e. The molecule has 2 bridgehead atoms. The normalized spacial score (nSPS) is 23.3. The molecule has 2 aromatic rings. The minimum Gasteiger partial charge on any atom is -0.497 e. The minimum absolute atomic E-state index is 0.154. The summed E-state index contributed by atoms with van der Waals surface area (Å²) in [5.41, 5.74) is 2.69. The molecule has 1 aromatic carbocycles. The number of likely N-dealkylation sites (tertiary alicyclic amines) is 1. The molecule has 1 aromatic heterocycles. The second-order valence-electron chi connectivity index (χ2n) is 6.74. The fourth-order valence-corrected chi connectivity index (χ4v) is 4.11. The van der Waals surface area contributed by atoms with Crippen LogP contribution in [0.5, 0.6) is 5.75 Å². The summed E-state index contributed by atoms with van der Waals surface area (Å²) in [5, 5.41) is 0. The molecule has 1 fully saturated rings. The van der Waals surface area contributed by atoms with Crippen LogP contribution in [0.1, 0.15) is 23.6 Å². The molecule has 0 N–H and O–H groups in total. The fraction of sp³-hybridized carbons (Fsp3) is 0.421. The lowest BCUT2D eigenvalue weighted by molar-refractivity contribution is 0.114. The molecule has 2 atom stereocenters. The maximum absolute atomic E-state index is 12.1. The molecule has 1 saturated heterocycles. The zero-order chi connectivity index (χ0) is 15.8. The van der Waals surface area contributed by atoms with Crippen LogP contribution < -0.4 is 10.3 Å². The van der Waals surface area contributed by atoms with Crippen molar-refractivity contribution in [3.63, 3.8) is 0 Å². The number of rotatable bonds is 3. The summed E-state index contributed by atoms with van der Waals surface area (Å²) in [5.74, 6) is 1.96. The Kier molecular flexibility index (Phi) is 3.69. The van der Waals surface area contributed by atoms with Gasteiger partial charge in [0.25, 0.3) is 5.56 Å². The highest BCUT2D eigenvalue weighted by Crippen LogP contribution is 2.35. The first-order valence-corrected chi connectivity index (χ1v) is 8.28. The van der Waals surface area contributed by atoms with E-state index >= 15 is 0 Å². The second kappa shape index (κ2) is 5.85. The molecule has 0 unspecified atom stereocenters. The van der Waals surface area contributed by atoms with Gasteiger partial charge >= 0.3 is 0 Å². The van der Waals surface area contributed by atoms with E-state index in [0.717, 1.165) is 31.9 Å². The molecule has 120 valence electrons. The van der Waals surface area contributed by atoms with Crippen molar-refractivity contribution in [2.75, 3.05) is 20.2 Å². The third-order valence-corrected chi connectivity index (χ3v) is 5.12. The minimum atomic E-state index is 0.154. The number of pyridine rings is 1. The van der Waals surface area contributed by atoms with Gasteiger partial charge in [-0.1, -0.05) is 18.2 Å². The van der Waals surface area contributed by atoms with Crippen molar-refractivity contribution in [1.29, 1.82) is 0 Å². The maximum atomic E-state index is 12.1. The fourth-order valence-electron chi connectivity index (χ4n) is 4.11. The van der Waals surface area contributed by atoms with Crippen molar-refractivity contribution < 1.29 is 4.74 Å². The number of hydrogen-bond donors (Lipinski definition) is 0. The van der Waals surface area contributed by atoms with Crippen LogP contribution in [-0.2, 0) is 13.1 Å². The lowest BCUT2D eigenvalue weighted by Crippen LogP contribution is -2.46. The van der Waals surface area contributed by atoms with Gasteiger partial charge in [0, 0.05) is 43.9 Å². The molecule has 0 radical (unpaired) electrons. The number of hydrogen-bond acceptors (Lipinski definition) is 3. The van der Waals surface area contributed by atoms with Gasteiger partial charge in [0.2, 0.25) is 0 Å². The third-order valence-electron chi connectivity index (χ3n) is 5.12. The quantitative estimate of drug-likeness (QED) is 0.873. The predicted molar refractivity (Wildman–Crippen MR) is 89.8 cm³/mol. The van der Waals surface area contributed by atoms with E-state index in [2.05, 4.69) is 23.1 Å². The standard InChI is InChI=1S/C19H22N2O2/c1-23-17-7-5-14(6-8-17)10-20-11-15-9-16(13-20)18-3-2-4-19(22)21(18)12-15/h2-8,15-16H,9-13H2,1H3/t15-,16-/m1/s1. The smallest absolute Gasteiger partial charge is 0.250 e. The van der Waals surface area contributed by atoms with E-state index in [1.165, 1.54) is 17.7 Å². The van der Waals surface area contributed by atoms with Crippen molar-refractivity contribution in [2.24, 2.45) is 5.92 Å². The number of fused-ring (bicyclic) bond motifs is 4. The molecular formula is C19H22N2O2. The Morgan fingerprint density at radius 1 is 1.09 bits per heavy atom. The van der Waals surface area contributed by atoms with E-state index in [-0.39, 0.29) is 5.56 Å². The number of nitrogens with zero attached hydrogens (tertiary/aromatic N) is 2. The lowest BCUT2D eigenvalue weighted by atomic mass is 9.83. The van der Waals surface area contributed by atoms with Gasteiger partial charge in [0.1, 0.15) is 5.75 Å². The summed E-state index contributed by atoms with van der Waals surface area (Å²) in [6.45, 7) is 3.94. The van der Waals surface area contributed by atoms with Gasteiger partial charge in [-0.2, -0.15) is 0 Å². The highest BCUT2D eigenvalue weighted by atomic mass is 16.5. The van der Waals surface area contributed by atoms with Crippen LogP contribution in [0.4, 0.5) is 0 Å². The Morgan fingerprint density at radius 3 is 2.70 bits per heavy atom. The highest BCUT2D eigenvalue weighted by Gasteiger charge is 2.34. The second-order valence-corrected chi connectivity index (χ2v) is 6.74. The van der Waals surface area contributed by atoms with Gasteiger partial charge in [-0.3, -0.25) is 9.69 Å². The number of ether oxygens (including phenoxy) is 1. The van der Waals surface area contributed by atoms with Gasteiger partial charge in [-0.25, -0.2) is 0 Å². The van der Waals surface area contributed by atoms with Crippen LogP contribution >= 0.6 is 0 Å². The molecule has 23 heavy (non-hydrogen) atoms. The van der Waals surface area contributed by atoms with E-state index in [4.69, 9.17) is 4.74 Å². The first-order valence-electron chi connectivity index (χ1n) is 8.28. The maximum Gasteiger partial charge on any atom is 0.250 e. The summed E-state index contributed by atoms with van der Waals surface area (Å²) in [6, 6.07) is 14.0. The first kappa shape index (κ1) is 14.5. The summed E-state index contributed by atoms with van der Waals surface area (Å²) in [4.78, 5) is 14.6. The Balaban J connectivity index is 1.52. The van der Waals surface area contributed by atoms with Gasteiger partial charge in [0.15, 0.2) is 0 Å². The average molecular weight is 310 g/mol. The van der Waals surface area contributed by atoms with Crippen molar-refractivity contribution in [2.45, 2.75) is 25.4 Å². The van der Waals surface area contributed by atoms with E-state index in [1.54, 1.807) is 13.2 Å².